The van der Waals surface area contributed by atoms with E-state index in [4.69, 9.17) is 11.6 Å². The lowest BCUT2D eigenvalue weighted by Gasteiger charge is -2.27. The minimum atomic E-state index is -0.877. The van der Waals surface area contributed by atoms with Crippen LogP contribution in [0, 0.1) is 11.8 Å². The van der Waals surface area contributed by atoms with Crippen molar-refractivity contribution in [1.29, 1.82) is 0 Å². The van der Waals surface area contributed by atoms with Crippen LogP contribution in [-0.4, -0.2) is 63.5 Å². The zero-order chi connectivity index (χ0) is 18.1. The number of halogens is 1. The van der Waals surface area contributed by atoms with Crippen LogP contribution >= 0.6 is 23.4 Å². The average molecular weight is 383 g/mol. The van der Waals surface area contributed by atoms with E-state index in [-0.39, 0.29) is 24.3 Å². The van der Waals surface area contributed by atoms with Crippen molar-refractivity contribution in [2.24, 2.45) is 11.8 Å². The summed E-state index contributed by atoms with van der Waals surface area (Å²) < 4.78 is 0. The van der Waals surface area contributed by atoms with Gasteiger partial charge in [-0.15, -0.1) is 11.8 Å². The van der Waals surface area contributed by atoms with E-state index in [1.54, 1.807) is 34.1 Å². The predicted octanol–water partition coefficient (Wildman–Crippen LogP) is 2.03. The van der Waals surface area contributed by atoms with Crippen molar-refractivity contribution < 1.29 is 19.5 Å². The first-order chi connectivity index (χ1) is 11.9. The molecule has 2 aliphatic heterocycles. The van der Waals surface area contributed by atoms with Crippen molar-refractivity contribution in [3.8, 4) is 0 Å². The van der Waals surface area contributed by atoms with E-state index < -0.39 is 17.9 Å². The molecule has 1 N–H and O–H groups in total. The van der Waals surface area contributed by atoms with Crippen LogP contribution in [-0.2, 0) is 9.59 Å². The van der Waals surface area contributed by atoms with Crippen molar-refractivity contribution >= 4 is 41.1 Å². The number of hydrogen-bond acceptors (Lipinski definition) is 4. The Bertz CT molecular complexity index is 696. The fourth-order valence-corrected chi connectivity index (χ4v) is 4.56. The summed E-state index contributed by atoms with van der Waals surface area (Å²) in [5.41, 5.74) is 0.489. The Kier molecular flexibility index (Phi) is 5.24. The molecule has 0 saturated carbocycles. The van der Waals surface area contributed by atoms with Gasteiger partial charge in [0.1, 0.15) is 6.04 Å². The molecule has 2 aliphatic rings. The molecule has 134 valence electrons. The molecular weight excluding hydrogens is 364 g/mol. The quantitative estimate of drug-likeness (QED) is 0.865. The molecule has 25 heavy (non-hydrogen) atoms. The molecule has 1 aromatic carbocycles. The van der Waals surface area contributed by atoms with Gasteiger partial charge in [0.05, 0.1) is 11.8 Å². The Balaban J connectivity index is 1.73. The molecule has 3 rings (SSSR count). The number of carboxylic acids is 1. The predicted molar refractivity (Wildman–Crippen MR) is 95.6 cm³/mol. The first-order valence-electron chi connectivity index (χ1n) is 8.04. The van der Waals surface area contributed by atoms with E-state index in [0.29, 0.717) is 28.8 Å². The van der Waals surface area contributed by atoms with Crippen molar-refractivity contribution in [3.63, 3.8) is 0 Å². The van der Waals surface area contributed by atoms with Crippen molar-refractivity contribution in [3.05, 3.63) is 34.9 Å². The largest absolute Gasteiger partial charge is 0.481 e. The fraction of sp³-hybridized carbons (Fsp3) is 0.471. The summed E-state index contributed by atoms with van der Waals surface area (Å²) in [6.45, 7) is 2.46. The first kappa shape index (κ1) is 18.1. The van der Waals surface area contributed by atoms with E-state index in [1.807, 2.05) is 6.92 Å². The second-order valence-corrected chi connectivity index (χ2v) is 7.90. The van der Waals surface area contributed by atoms with Gasteiger partial charge < -0.3 is 14.9 Å². The minimum Gasteiger partial charge on any atom is -0.481 e. The maximum atomic E-state index is 12.9. The number of aliphatic carboxylic acids is 1. The Hall–Kier alpha value is -1.73. The van der Waals surface area contributed by atoms with Gasteiger partial charge >= 0.3 is 5.97 Å². The maximum absolute atomic E-state index is 12.9. The number of carbonyl (C=O) groups is 3. The van der Waals surface area contributed by atoms with Crippen LogP contribution in [0.5, 0.6) is 0 Å². The van der Waals surface area contributed by atoms with E-state index in [1.165, 1.54) is 11.8 Å². The monoisotopic (exact) mass is 382 g/mol. The summed E-state index contributed by atoms with van der Waals surface area (Å²) >= 11 is 7.38. The lowest BCUT2D eigenvalue weighted by atomic mass is 9.99. The van der Waals surface area contributed by atoms with Gasteiger partial charge in [0.15, 0.2) is 0 Å². The summed E-state index contributed by atoms with van der Waals surface area (Å²) in [6.07, 6.45) is 0. The Morgan fingerprint density at radius 3 is 2.48 bits per heavy atom. The highest BCUT2D eigenvalue weighted by atomic mass is 35.5. The fourth-order valence-electron chi connectivity index (χ4n) is 3.28. The SMILES string of the molecule is C[C@@H]1CN(C(=O)C2CSCN2C(=O)c2ccc(Cl)cc2)C[C@H]1C(=O)O. The van der Waals surface area contributed by atoms with Gasteiger partial charge in [-0.05, 0) is 30.2 Å². The van der Waals surface area contributed by atoms with Crippen LogP contribution < -0.4 is 0 Å². The normalized spacial score (nSPS) is 26.1. The standard InChI is InChI=1S/C17H19ClN2O4S/c1-10-6-19(7-13(10)17(23)24)16(22)14-8-25-9-20(14)15(21)11-2-4-12(18)5-3-11/h2-5,10,13-14H,6-9H2,1H3,(H,23,24)/t10-,13-,14?/m1/s1. The molecule has 1 aromatic rings. The Morgan fingerprint density at radius 1 is 1.20 bits per heavy atom. The lowest BCUT2D eigenvalue weighted by Crippen LogP contribution is -2.48. The highest BCUT2D eigenvalue weighted by molar-refractivity contribution is 7.99. The number of likely N-dealkylation sites (tertiary alicyclic amines) is 1. The number of benzene rings is 1. The van der Waals surface area contributed by atoms with E-state index >= 15 is 0 Å². The average Bonchev–Trinajstić information content (AvgIpc) is 3.21. The summed E-state index contributed by atoms with van der Waals surface area (Å²) in [7, 11) is 0. The van der Waals surface area contributed by atoms with Gasteiger partial charge in [-0.1, -0.05) is 18.5 Å². The second-order valence-electron chi connectivity index (χ2n) is 6.46. The highest BCUT2D eigenvalue weighted by Crippen LogP contribution is 2.29. The summed E-state index contributed by atoms with van der Waals surface area (Å²) in [5, 5.41) is 9.79. The molecular formula is C17H19ClN2O4S. The third-order valence-corrected chi connectivity index (χ3v) is 6.02. The van der Waals surface area contributed by atoms with Crippen LogP contribution in [0.15, 0.2) is 24.3 Å². The summed E-state index contributed by atoms with van der Waals surface area (Å²) in [4.78, 5) is 40.0. The van der Waals surface area contributed by atoms with E-state index in [0.717, 1.165) is 0 Å². The van der Waals surface area contributed by atoms with E-state index in [9.17, 15) is 19.5 Å². The van der Waals surface area contributed by atoms with Crippen LogP contribution in [0.3, 0.4) is 0 Å². The van der Waals surface area contributed by atoms with Gasteiger partial charge in [0.2, 0.25) is 5.91 Å². The number of hydrogen-bond donors (Lipinski definition) is 1. The Labute approximate surface area is 155 Å². The highest BCUT2D eigenvalue weighted by Gasteiger charge is 2.43. The van der Waals surface area contributed by atoms with Gasteiger partial charge in [0, 0.05) is 29.4 Å². The molecule has 0 spiro atoms. The van der Waals surface area contributed by atoms with Crippen molar-refractivity contribution in [2.75, 3.05) is 24.7 Å². The maximum Gasteiger partial charge on any atom is 0.308 e. The number of nitrogens with zero attached hydrogens (tertiary/aromatic N) is 2. The van der Waals surface area contributed by atoms with Crippen LogP contribution in [0.25, 0.3) is 0 Å². The molecule has 8 heteroatoms. The molecule has 0 radical (unpaired) electrons. The van der Waals surface area contributed by atoms with Crippen molar-refractivity contribution in [2.45, 2.75) is 13.0 Å². The second kappa shape index (κ2) is 7.25. The number of carbonyl (C=O) groups excluding carboxylic acids is 2. The van der Waals surface area contributed by atoms with Gasteiger partial charge in [-0.25, -0.2) is 0 Å². The summed E-state index contributed by atoms with van der Waals surface area (Å²) in [6, 6.07) is 6.04. The van der Waals surface area contributed by atoms with Gasteiger partial charge in [-0.2, -0.15) is 0 Å². The number of amides is 2. The number of thioether (sulfide) groups is 1. The third kappa shape index (κ3) is 3.62. The van der Waals surface area contributed by atoms with Crippen LogP contribution in [0.4, 0.5) is 0 Å². The zero-order valence-corrected chi connectivity index (χ0v) is 15.3. The third-order valence-electron chi connectivity index (χ3n) is 4.76. The smallest absolute Gasteiger partial charge is 0.308 e. The van der Waals surface area contributed by atoms with Crippen molar-refractivity contribution in [1.82, 2.24) is 9.80 Å². The zero-order valence-electron chi connectivity index (χ0n) is 13.7. The molecule has 1 unspecified atom stereocenters. The summed E-state index contributed by atoms with van der Waals surface area (Å²) in [5.74, 6) is -0.901. The molecule has 2 saturated heterocycles. The first-order valence-corrected chi connectivity index (χ1v) is 9.57. The topological polar surface area (TPSA) is 77.9 Å². The van der Waals surface area contributed by atoms with Crippen LogP contribution in [0.1, 0.15) is 17.3 Å². The minimum absolute atomic E-state index is 0.0871. The molecule has 2 fully saturated rings. The van der Waals surface area contributed by atoms with Gasteiger partial charge in [0.25, 0.3) is 5.91 Å². The Morgan fingerprint density at radius 2 is 1.88 bits per heavy atom. The molecule has 2 amide bonds. The number of carboxylic acid groups (broad SMARTS) is 1. The molecule has 2 heterocycles. The van der Waals surface area contributed by atoms with Crippen LogP contribution in [0.2, 0.25) is 5.02 Å². The molecule has 0 bridgehead atoms. The molecule has 6 nitrogen and oxygen atoms in total. The number of rotatable bonds is 3. The molecule has 0 aliphatic carbocycles. The van der Waals surface area contributed by atoms with E-state index in [2.05, 4.69) is 0 Å². The molecule has 0 aromatic heterocycles. The lowest BCUT2D eigenvalue weighted by molar-refractivity contribution is -0.142. The van der Waals surface area contributed by atoms with Gasteiger partial charge in [-0.3, -0.25) is 14.4 Å². The molecule has 3 atom stereocenters.